The zero-order valence-electron chi connectivity index (χ0n) is 11.6. The minimum Gasteiger partial charge on any atom is -0.313 e. The fraction of sp³-hybridized carbons (Fsp3) is 0.0625. The number of rotatable bonds is 2. The Morgan fingerprint density at radius 1 is 1.00 bits per heavy atom. The smallest absolute Gasteiger partial charge is 0.313 e. The van der Waals surface area contributed by atoms with Crippen LogP contribution in [-0.2, 0) is 6.18 Å². The van der Waals surface area contributed by atoms with E-state index in [1.54, 1.807) is 12.1 Å². The zero-order valence-corrected chi connectivity index (χ0v) is 11.6. The molecule has 0 bridgehead atoms. The van der Waals surface area contributed by atoms with Crippen LogP contribution in [0.4, 0.5) is 13.2 Å². The molecule has 0 saturated heterocycles. The number of H-pyrrole nitrogens is 1. The van der Waals surface area contributed by atoms with Gasteiger partial charge in [0.25, 0.3) is 5.56 Å². The zero-order chi connectivity index (χ0) is 16.4. The highest BCUT2D eigenvalue weighted by molar-refractivity contribution is 5.79. The summed E-state index contributed by atoms with van der Waals surface area (Å²) in [6.45, 7) is 0. The molecule has 0 spiro atoms. The van der Waals surface area contributed by atoms with Gasteiger partial charge in [-0.25, -0.2) is 4.98 Å². The maximum absolute atomic E-state index is 12.9. The van der Waals surface area contributed by atoms with Crippen LogP contribution < -0.4 is 5.56 Å². The Bertz CT molecular complexity index is 889. The Labute approximate surface area is 128 Å². The molecule has 1 aromatic carbocycles. The number of aromatic amines is 1. The Hall–Kier alpha value is -2.96. The molecule has 0 saturated carbocycles. The van der Waals surface area contributed by atoms with E-state index in [1.165, 1.54) is 30.9 Å². The Kier molecular flexibility index (Phi) is 3.69. The molecule has 0 fully saturated rings. The number of aromatic nitrogens is 3. The summed E-state index contributed by atoms with van der Waals surface area (Å²) in [4.78, 5) is 22.6. The van der Waals surface area contributed by atoms with Crippen molar-refractivity contribution in [2.24, 2.45) is 0 Å². The first-order valence-corrected chi connectivity index (χ1v) is 6.62. The van der Waals surface area contributed by atoms with E-state index in [2.05, 4.69) is 15.0 Å². The molecule has 0 aliphatic rings. The third-order valence-corrected chi connectivity index (χ3v) is 3.29. The fourth-order valence-electron chi connectivity index (χ4n) is 2.25. The molecule has 3 aromatic rings. The second-order valence-electron chi connectivity index (χ2n) is 4.77. The second-order valence-corrected chi connectivity index (χ2v) is 4.77. The predicted octanol–water partition coefficient (Wildman–Crippen LogP) is 3.52. The van der Waals surface area contributed by atoms with E-state index >= 15 is 0 Å². The fourth-order valence-corrected chi connectivity index (χ4v) is 2.25. The van der Waals surface area contributed by atoms with Crippen molar-refractivity contribution >= 4 is 0 Å². The molecule has 0 unspecified atom stereocenters. The average molecular weight is 317 g/mol. The van der Waals surface area contributed by atoms with Crippen LogP contribution in [0.25, 0.3) is 22.4 Å². The van der Waals surface area contributed by atoms with Crippen molar-refractivity contribution in [2.45, 2.75) is 6.18 Å². The first-order chi connectivity index (χ1) is 11.0. The van der Waals surface area contributed by atoms with Gasteiger partial charge in [0.15, 0.2) is 0 Å². The van der Waals surface area contributed by atoms with Gasteiger partial charge in [0, 0.05) is 18.0 Å². The highest BCUT2D eigenvalue weighted by Crippen LogP contribution is 2.33. The van der Waals surface area contributed by atoms with Crippen LogP contribution in [0.5, 0.6) is 0 Å². The Balaban J connectivity index is 2.24. The maximum atomic E-state index is 12.9. The molecule has 0 aliphatic heterocycles. The van der Waals surface area contributed by atoms with Gasteiger partial charge in [0.1, 0.15) is 0 Å². The van der Waals surface area contributed by atoms with Gasteiger partial charge in [-0.1, -0.05) is 12.1 Å². The molecule has 3 rings (SSSR count). The van der Waals surface area contributed by atoms with Crippen LogP contribution in [0.1, 0.15) is 5.56 Å². The summed E-state index contributed by atoms with van der Waals surface area (Å²) >= 11 is 0. The summed E-state index contributed by atoms with van der Waals surface area (Å²) in [6.07, 6.45) is -0.223. The second kappa shape index (κ2) is 5.68. The van der Waals surface area contributed by atoms with Gasteiger partial charge in [-0.2, -0.15) is 13.2 Å². The molecule has 0 radical (unpaired) electrons. The van der Waals surface area contributed by atoms with E-state index in [0.717, 1.165) is 12.1 Å². The van der Waals surface area contributed by atoms with Crippen LogP contribution in [-0.4, -0.2) is 15.0 Å². The quantitative estimate of drug-likeness (QED) is 0.787. The van der Waals surface area contributed by atoms with Gasteiger partial charge in [0.05, 0.1) is 23.1 Å². The molecule has 23 heavy (non-hydrogen) atoms. The van der Waals surface area contributed by atoms with Gasteiger partial charge in [-0.05, 0) is 29.8 Å². The predicted molar refractivity (Wildman–Crippen MR) is 78.5 cm³/mol. The molecule has 0 amide bonds. The number of halogens is 3. The van der Waals surface area contributed by atoms with E-state index in [4.69, 9.17) is 0 Å². The van der Waals surface area contributed by atoms with E-state index < -0.39 is 17.3 Å². The van der Waals surface area contributed by atoms with Crippen molar-refractivity contribution in [3.05, 3.63) is 71.0 Å². The number of alkyl halides is 3. The molecular formula is C16H10F3N3O. The molecule has 0 aliphatic carbocycles. The lowest BCUT2D eigenvalue weighted by Gasteiger charge is -2.11. The Morgan fingerprint density at radius 2 is 1.74 bits per heavy atom. The largest absolute Gasteiger partial charge is 0.416 e. The number of pyridine rings is 1. The highest BCUT2D eigenvalue weighted by Gasteiger charge is 2.30. The van der Waals surface area contributed by atoms with E-state index in [-0.39, 0.29) is 11.1 Å². The summed E-state index contributed by atoms with van der Waals surface area (Å²) in [5, 5.41) is 0. The standard InChI is InChI=1S/C16H10F3N3O/c17-16(18,19)12-3-1-2-11(8-12)13-14(21-9-22-15(13)23)10-4-6-20-7-5-10/h1-9H,(H,21,22,23). The lowest BCUT2D eigenvalue weighted by Crippen LogP contribution is -2.12. The molecule has 4 nitrogen and oxygen atoms in total. The minimum absolute atomic E-state index is 0.0878. The first kappa shape index (κ1) is 15.0. The van der Waals surface area contributed by atoms with Gasteiger partial charge in [0.2, 0.25) is 0 Å². The highest BCUT2D eigenvalue weighted by atomic mass is 19.4. The summed E-state index contributed by atoms with van der Waals surface area (Å²) in [5.74, 6) is 0. The minimum atomic E-state index is -4.48. The van der Waals surface area contributed by atoms with Crippen molar-refractivity contribution in [2.75, 3.05) is 0 Å². The summed E-state index contributed by atoms with van der Waals surface area (Å²) in [7, 11) is 0. The SMILES string of the molecule is O=c1[nH]cnc(-c2ccncc2)c1-c1cccc(C(F)(F)F)c1. The van der Waals surface area contributed by atoms with Gasteiger partial charge < -0.3 is 4.98 Å². The number of nitrogens with zero attached hydrogens (tertiary/aromatic N) is 2. The first-order valence-electron chi connectivity index (χ1n) is 6.62. The van der Waals surface area contributed by atoms with Crippen molar-refractivity contribution in [3.8, 4) is 22.4 Å². The molecule has 116 valence electrons. The molecule has 1 N–H and O–H groups in total. The van der Waals surface area contributed by atoms with Gasteiger partial charge >= 0.3 is 6.18 Å². The lowest BCUT2D eigenvalue weighted by molar-refractivity contribution is -0.137. The van der Waals surface area contributed by atoms with Crippen LogP contribution in [0, 0.1) is 0 Å². The molecule has 2 aromatic heterocycles. The van der Waals surface area contributed by atoms with Crippen molar-refractivity contribution < 1.29 is 13.2 Å². The van der Waals surface area contributed by atoms with Crippen LogP contribution in [0.15, 0.2) is 59.9 Å². The molecular weight excluding hydrogens is 307 g/mol. The van der Waals surface area contributed by atoms with Crippen molar-refractivity contribution in [3.63, 3.8) is 0 Å². The van der Waals surface area contributed by atoms with Crippen molar-refractivity contribution in [1.29, 1.82) is 0 Å². The molecule has 7 heteroatoms. The topological polar surface area (TPSA) is 58.6 Å². The Morgan fingerprint density at radius 3 is 2.43 bits per heavy atom. The van der Waals surface area contributed by atoms with E-state index in [1.807, 2.05) is 0 Å². The monoisotopic (exact) mass is 317 g/mol. The third-order valence-electron chi connectivity index (χ3n) is 3.29. The summed E-state index contributed by atoms with van der Waals surface area (Å²) in [6, 6.07) is 7.89. The van der Waals surface area contributed by atoms with E-state index in [9.17, 15) is 18.0 Å². The van der Waals surface area contributed by atoms with Crippen LogP contribution in [0.3, 0.4) is 0 Å². The maximum Gasteiger partial charge on any atom is 0.416 e. The average Bonchev–Trinajstić information content (AvgIpc) is 2.55. The number of hydrogen-bond donors (Lipinski definition) is 1. The van der Waals surface area contributed by atoms with Crippen LogP contribution >= 0.6 is 0 Å². The number of hydrogen-bond acceptors (Lipinski definition) is 3. The molecule has 0 atom stereocenters. The van der Waals surface area contributed by atoms with Gasteiger partial charge in [-0.15, -0.1) is 0 Å². The lowest BCUT2D eigenvalue weighted by atomic mass is 9.99. The van der Waals surface area contributed by atoms with E-state index in [0.29, 0.717) is 11.3 Å². The summed E-state index contributed by atoms with van der Waals surface area (Å²) < 4.78 is 38.7. The van der Waals surface area contributed by atoms with Crippen LogP contribution in [0.2, 0.25) is 0 Å². The normalized spacial score (nSPS) is 11.4. The summed E-state index contributed by atoms with van der Waals surface area (Å²) in [5.41, 5.74) is -0.190. The molecule has 2 heterocycles. The number of nitrogens with one attached hydrogen (secondary N) is 1. The number of benzene rings is 1. The van der Waals surface area contributed by atoms with Crippen molar-refractivity contribution in [1.82, 2.24) is 15.0 Å². The third kappa shape index (κ3) is 2.98. The van der Waals surface area contributed by atoms with Gasteiger partial charge in [-0.3, -0.25) is 9.78 Å².